The molecular weight excluding hydrogens is 502 g/mol. The van der Waals surface area contributed by atoms with Crippen molar-refractivity contribution >= 4 is 48.8 Å². The number of aromatic amines is 1. The first-order chi connectivity index (χ1) is 17.1. The molecule has 1 N–H and O–H groups in total. The van der Waals surface area contributed by atoms with Crippen LogP contribution in [0.4, 0.5) is 0 Å². The molecule has 6 rings (SSSR count). The van der Waals surface area contributed by atoms with Gasteiger partial charge in [-0.3, -0.25) is 14.6 Å². The van der Waals surface area contributed by atoms with Crippen LogP contribution < -0.4 is 0 Å². The number of hydrogen-bond donors (Lipinski definition) is 1. The SMILES string of the molecule is CN(C)CCCn1cc(-c2nc3c4cccnc4c4ncccc4c3[nH]2)c(-c2ccc(Br)cc2)n1. The van der Waals surface area contributed by atoms with Crippen molar-refractivity contribution in [1.82, 2.24) is 34.6 Å². The van der Waals surface area contributed by atoms with Crippen molar-refractivity contribution in [3.63, 3.8) is 0 Å². The Morgan fingerprint density at radius 2 is 1.63 bits per heavy atom. The molecule has 0 fully saturated rings. The molecule has 0 radical (unpaired) electrons. The van der Waals surface area contributed by atoms with E-state index in [9.17, 15) is 0 Å². The number of imidazole rings is 1. The summed E-state index contributed by atoms with van der Waals surface area (Å²) in [6, 6.07) is 16.3. The van der Waals surface area contributed by atoms with Gasteiger partial charge in [-0.05, 0) is 63.5 Å². The topological polar surface area (TPSA) is 75.5 Å². The Hall–Kier alpha value is -3.62. The third-order valence-electron chi connectivity index (χ3n) is 6.20. The highest BCUT2D eigenvalue weighted by atomic mass is 79.9. The fraction of sp³-hybridized carbons (Fsp3) is 0.185. The van der Waals surface area contributed by atoms with Gasteiger partial charge in [0.05, 0.1) is 27.6 Å². The van der Waals surface area contributed by atoms with Gasteiger partial charge in [0, 0.05) is 45.9 Å². The molecule has 0 aliphatic heterocycles. The minimum absolute atomic E-state index is 0.790. The zero-order chi connectivity index (χ0) is 23.9. The summed E-state index contributed by atoms with van der Waals surface area (Å²) in [5.74, 6) is 0.790. The van der Waals surface area contributed by atoms with Gasteiger partial charge in [-0.1, -0.05) is 28.1 Å². The minimum Gasteiger partial charge on any atom is -0.337 e. The molecule has 0 atom stereocenters. The Morgan fingerprint density at radius 3 is 2.37 bits per heavy atom. The van der Waals surface area contributed by atoms with E-state index < -0.39 is 0 Å². The Balaban J connectivity index is 1.56. The van der Waals surface area contributed by atoms with Crippen LogP contribution in [0.25, 0.3) is 55.5 Å². The summed E-state index contributed by atoms with van der Waals surface area (Å²) in [5.41, 5.74) is 6.53. The molecule has 4 heterocycles. The number of halogens is 1. The van der Waals surface area contributed by atoms with Gasteiger partial charge in [0.15, 0.2) is 0 Å². The van der Waals surface area contributed by atoms with E-state index in [1.165, 1.54) is 0 Å². The van der Waals surface area contributed by atoms with E-state index >= 15 is 0 Å². The number of fused-ring (bicyclic) bond motifs is 6. The second-order valence-corrected chi connectivity index (χ2v) is 9.84. The van der Waals surface area contributed by atoms with Crippen LogP contribution >= 0.6 is 15.9 Å². The highest BCUT2D eigenvalue weighted by molar-refractivity contribution is 9.10. The van der Waals surface area contributed by atoms with Crippen LogP contribution in [0.2, 0.25) is 0 Å². The summed E-state index contributed by atoms with van der Waals surface area (Å²) in [6.07, 6.45) is 6.73. The first-order valence-electron chi connectivity index (χ1n) is 11.6. The molecule has 0 aliphatic rings. The Bertz CT molecular complexity index is 1590. The van der Waals surface area contributed by atoms with Gasteiger partial charge in [-0.2, -0.15) is 5.10 Å². The molecule has 0 saturated heterocycles. The van der Waals surface area contributed by atoms with Crippen LogP contribution in [-0.2, 0) is 6.54 Å². The number of nitrogens with zero attached hydrogens (tertiary/aromatic N) is 6. The van der Waals surface area contributed by atoms with E-state index in [4.69, 9.17) is 10.1 Å². The fourth-order valence-corrected chi connectivity index (χ4v) is 4.81. The largest absolute Gasteiger partial charge is 0.337 e. The van der Waals surface area contributed by atoms with Crippen molar-refractivity contribution in [2.45, 2.75) is 13.0 Å². The van der Waals surface area contributed by atoms with Crippen LogP contribution in [-0.4, -0.2) is 55.3 Å². The summed E-state index contributed by atoms with van der Waals surface area (Å²) >= 11 is 3.54. The van der Waals surface area contributed by atoms with Crippen LogP contribution in [0, 0.1) is 0 Å². The predicted molar refractivity (Wildman–Crippen MR) is 144 cm³/mol. The zero-order valence-electron chi connectivity index (χ0n) is 19.5. The standard InChI is InChI=1S/C27H24BrN7/c1-34(2)14-5-15-35-16-21(22(33-35)17-8-10-18(28)11-9-17)27-31-25-19-6-3-12-29-23(19)24-20(26(25)32-27)7-4-13-30-24/h3-4,6-13,16H,5,14-15H2,1-2H3,(H,31,32). The van der Waals surface area contributed by atoms with Crippen molar-refractivity contribution < 1.29 is 0 Å². The number of nitrogens with one attached hydrogen (secondary N) is 1. The van der Waals surface area contributed by atoms with Crippen molar-refractivity contribution in [3.8, 4) is 22.6 Å². The molecule has 7 nitrogen and oxygen atoms in total. The third kappa shape index (κ3) is 3.98. The second kappa shape index (κ2) is 8.87. The molecule has 4 aromatic heterocycles. The highest BCUT2D eigenvalue weighted by Gasteiger charge is 2.20. The molecule has 6 aromatic rings. The zero-order valence-corrected chi connectivity index (χ0v) is 21.1. The summed E-state index contributed by atoms with van der Waals surface area (Å²) in [4.78, 5) is 20.1. The number of rotatable bonds is 6. The lowest BCUT2D eigenvalue weighted by Gasteiger charge is -2.08. The van der Waals surface area contributed by atoms with E-state index in [-0.39, 0.29) is 0 Å². The van der Waals surface area contributed by atoms with Gasteiger partial charge < -0.3 is 9.88 Å². The second-order valence-electron chi connectivity index (χ2n) is 8.93. The Labute approximate surface area is 211 Å². The summed E-state index contributed by atoms with van der Waals surface area (Å²) < 4.78 is 3.07. The smallest absolute Gasteiger partial charge is 0.142 e. The van der Waals surface area contributed by atoms with E-state index in [1.54, 1.807) is 6.20 Å². The first-order valence-corrected chi connectivity index (χ1v) is 12.4. The van der Waals surface area contributed by atoms with Crippen molar-refractivity contribution in [1.29, 1.82) is 0 Å². The molecule has 0 bridgehead atoms. The predicted octanol–water partition coefficient (Wildman–Crippen LogP) is 5.90. The average Bonchev–Trinajstić information content (AvgIpc) is 3.50. The molecular formula is C27H24BrN7. The molecule has 0 spiro atoms. The van der Waals surface area contributed by atoms with Gasteiger partial charge >= 0.3 is 0 Å². The molecule has 174 valence electrons. The number of aromatic nitrogens is 6. The van der Waals surface area contributed by atoms with E-state index in [1.807, 2.05) is 35.1 Å². The maximum Gasteiger partial charge on any atom is 0.142 e. The lowest BCUT2D eigenvalue weighted by molar-refractivity contribution is 0.381. The Morgan fingerprint density at radius 1 is 0.914 bits per heavy atom. The molecule has 0 amide bonds. The number of aryl methyl sites for hydroxylation is 1. The summed E-state index contributed by atoms with van der Waals surface area (Å²) in [6.45, 7) is 1.84. The van der Waals surface area contributed by atoms with Crippen molar-refractivity contribution in [2.75, 3.05) is 20.6 Å². The monoisotopic (exact) mass is 525 g/mol. The lowest BCUT2D eigenvalue weighted by Crippen LogP contribution is -2.15. The Kier molecular flexibility index (Phi) is 5.54. The average molecular weight is 526 g/mol. The number of pyridine rings is 2. The van der Waals surface area contributed by atoms with Gasteiger partial charge in [-0.15, -0.1) is 0 Å². The van der Waals surface area contributed by atoms with Crippen LogP contribution in [0.5, 0.6) is 0 Å². The van der Waals surface area contributed by atoms with Crippen LogP contribution in [0.3, 0.4) is 0 Å². The summed E-state index contributed by atoms with van der Waals surface area (Å²) in [7, 11) is 4.18. The molecule has 2 aromatic carbocycles. The molecule has 0 saturated carbocycles. The van der Waals surface area contributed by atoms with E-state index in [0.717, 1.165) is 79.5 Å². The first kappa shape index (κ1) is 21.9. The molecule has 0 unspecified atom stereocenters. The van der Waals surface area contributed by atoms with Crippen molar-refractivity contribution in [3.05, 3.63) is 71.6 Å². The molecule has 0 aliphatic carbocycles. The minimum atomic E-state index is 0.790. The normalized spacial score (nSPS) is 11.9. The maximum absolute atomic E-state index is 5.09. The van der Waals surface area contributed by atoms with Gasteiger partial charge in [0.2, 0.25) is 0 Å². The van der Waals surface area contributed by atoms with Crippen LogP contribution in [0.15, 0.2) is 71.6 Å². The van der Waals surface area contributed by atoms with Crippen molar-refractivity contribution in [2.24, 2.45) is 0 Å². The molecule has 8 heteroatoms. The van der Waals surface area contributed by atoms with Gasteiger partial charge in [0.1, 0.15) is 11.5 Å². The van der Waals surface area contributed by atoms with E-state index in [2.05, 4.69) is 80.3 Å². The number of benzene rings is 2. The third-order valence-corrected chi connectivity index (χ3v) is 6.72. The highest BCUT2D eigenvalue weighted by Crippen LogP contribution is 2.36. The quantitative estimate of drug-likeness (QED) is 0.274. The lowest BCUT2D eigenvalue weighted by atomic mass is 10.1. The maximum atomic E-state index is 5.09. The fourth-order valence-electron chi connectivity index (χ4n) is 4.55. The number of hydrogen-bond acceptors (Lipinski definition) is 5. The number of H-pyrrole nitrogens is 1. The van der Waals surface area contributed by atoms with Crippen LogP contribution in [0.1, 0.15) is 6.42 Å². The summed E-state index contributed by atoms with van der Waals surface area (Å²) in [5, 5.41) is 6.97. The molecule has 35 heavy (non-hydrogen) atoms. The van der Waals surface area contributed by atoms with E-state index in [0.29, 0.717) is 0 Å². The van der Waals surface area contributed by atoms with Gasteiger partial charge in [0.25, 0.3) is 0 Å². The van der Waals surface area contributed by atoms with Gasteiger partial charge in [-0.25, -0.2) is 4.98 Å².